The molecule has 0 aliphatic carbocycles. The molecule has 1 heterocycles. The zero-order valence-corrected chi connectivity index (χ0v) is 21.9. The molecule has 0 radical (unpaired) electrons. The van der Waals surface area contributed by atoms with Crippen molar-refractivity contribution in [3.05, 3.63) is 53.8 Å². The first-order valence-electron chi connectivity index (χ1n) is 12.3. The number of hydrogen-bond donors (Lipinski definition) is 2. The van der Waals surface area contributed by atoms with E-state index in [1.54, 1.807) is 56.3 Å². The second-order valence-electron chi connectivity index (χ2n) is 9.27. The molecule has 1 aliphatic heterocycles. The highest BCUT2D eigenvalue weighted by molar-refractivity contribution is 5.99. The van der Waals surface area contributed by atoms with Gasteiger partial charge in [0, 0.05) is 45.3 Å². The maximum atomic E-state index is 14.2. The Balaban J connectivity index is 1.94. The van der Waals surface area contributed by atoms with E-state index in [-0.39, 0.29) is 48.2 Å². The van der Waals surface area contributed by atoms with E-state index >= 15 is 0 Å². The normalized spacial score (nSPS) is 20.7. The molecule has 0 spiro atoms. The number of fused-ring (bicyclic) bond motifs is 1. The first kappa shape index (κ1) is 27.9. The van der Waals surface area contributed by atoms with Crippen LogP contribution < -0.4 is 15.4 Å². The molecule has 9 nitrogen and oxygen atoms in total. The van der Waals surface area contributed by atoms with E-state index in [0.29, 0.717) is 24.4 Å². The number of carbonyl (C=O) groups excluding carboxylic acids is 3. The number of amides is 4. The van der Waals surface area contributed by atoms with Crippen LogP contribution in [0, 0.1) is 11.7 Å². The maximum absolute atomic E-state index is 14.2. The van der Waals surface area contributed by atoms with Gasteiger partial charge in [-0.25, -0.2) is 9.18 Å². The van der Waals surface area contributed by atoms with Crippen molar-refractivity contribution in [2.75, 3.05) is 44.5 Å². The number of methoxy groups -OCH3 is 1. The standard InChI is InChI=1S/C27H35FN4O5/c1-6-25(33)29-19-11-12-23-20(13-19)26(34)31(4)15-24(36-5)17(2)14-32(18(3)16-37-23)27(35)30-22-10-8-7-9-21(22)28/h7-13,17-18,24H,6,14-16H2,1-5H3,(H,29,33)(H,30,35)/t17-,18-,24-/m1/s1. The van der Waals surface area contributed by atoms with Gasteiger partial charge in [-0.3, -0.25) is 9.59 Å². The summed E-state index contributed by atoms with van der Waals surface area (Å²) in [6, 6.07) is 9.97. The summed E-state index contributed by atoms with van der Waals surface area (Å²) in [4.78, 5) is 41.7. The van der Waals surface area contributed by atoms with Crippen molar-refractivity contribution in [1.29, 1.82) is 0 Å². The maximum Gasteiger partial charge on any atom is 0.322 e. The minimum Gasteiger partial charge on any atom is -0.491 e. The summed E-state index contributed by atoms with van der Waals surface area (Å²) < 4.78 is 25.9. The van der Waals surface area contributed by atoms with Crippen molar-refractivity contribution in [2.24, 2.45) is 5.92 Å². The molecular weight excluding hydrogens is 479 g/mol. The number of hydrogen-bond acceptors (Lipinski definition) is 5. The lowest BCUT2D eigenvalue weighted by Crippen LogP contribution is -2.50. The number of urea groups is 1. The van der Waals surface area contributed by atoms with Crippen molar-refractivity contribution in [3.63, 3.8) is 0 Å². The Bertz CT molecular complexity index is 1130. The van der Waals surface area contributed by atoms with Gasteiger partial charge >= 0.3 is 6.03 Å². The summed E-state index contributed by atoms with van der Waals surface area (Å²) >= 11 is 0. The largest absolute Gasteiger partial charge is 0.491 e. The molecule has 0 saturated carbocycles. The molecular formula is C27H35FN4O5. The highest BCUT2D eigenvalue weighted by atomic mass is 19.1. The third-order valence-corrected chi connectivity index (χ3v) is 6.43. The Morgan fingerprint density at radius 3 is 2.54 bits per heavy atom. The van der Waals surface area contributed by atoms with Gasteiger partial charge in [-0.05, 0) is 37.3 Å². The van der Waals surface area contributed by atoms with E-state index in [9.17, 15) is 18.8 Å². The molecule has 2 aromatic carbocycles. The average molecular weight is 515 g/mol. The minimum atomic E-state index is -0.531. The summed E-state index contributed by atoms with van der Waals surface area (Å²) in [5, 5.41) is 5.42. The zero-order valence-electron chi connectivity index (χ0n) is 21.9. The summed E-state index contributed by atoms with van der Waals surface area (Å²) in [6.07, 6.45) is -0.0754. The van der Waals surface area contributed by atoms with Crippen LogP contribution in [0.15, 0.2) is 42.5 Å². The lowest BCUT2D eigenvalue weighted by atomic mass is 10.0. The number of rotatable bonds is 4. The van der Waals surface area contributed by atoms with Crippen LogP contribution in [-0.4, -0.2) is 73.6 Å². The van der Waals surface area contributed by atoms with E-state index in [1.807, 2.05) is 13.8 Å². The van der Waals surface area contributed by atoms with Gasteiger partial charge in [0.1, 0.15) is 18.2 Å². The molecule has 0 saturated heterocycles. The van der Waals surface area contributed by atoms with Crippen molar-refractivity contribution in [2.45, 2.75) is 39.3 Å². The van der Waals surface area contributed by atoms with Gasteiger partial charge < -0.3 is 29.9 Å². The smallest absolute Gasteiger partial charge is 0.322 e. The molecule has 0 unspecified atom stereocenters. The minimum absolute atomic E-state index is 0.0831. The monoisotopic (exact) mass is 514 g/mol. The molecule has 3 rings (SSSR count). The van der Waals surface area contributed by atoms with Gasteiger partial charge in [0.15, 0.2) is 0 Å². The summed E-state index contributed by atoms with van der Waals surface area (Å²) in [5.41, 5.74) is 0.854. The van der Waals surface area contributed by atoms with Crippen LogP contribution in [0.4, 0.5) is 20.6 Å². The number of ether oxygens (including phenoxy) is 2. The molecule has 3 atom stereocenters. The topological polar surface area (TPSA) is 100 Å². The molecule has 2 N–H and O–H groups in total. The van der Waals surface area contributed by atoms with Gasteiger partial charge in [0.05, 0.1) is 23.4 Å². The Morgan fingerprint density at radius 2 is 1.86 bits per heavy atom. The fourth-order valence-corrected chi connectivity index (χ4v) is 4.14. The molecule has 2 aromatic rings. The van der Waals surface area contributed by atoms with E-state index < -0.39 is 17.9 Å². The van der Waals surface area contributed by atoms with Gasteiger partial charge in [-0.2, -0.15) is 0 Å². The third-order valence-electron chi connectivity index (χ3n) is 6.43. The molecule has 4 amide bonds. The molecule has 0 aromatic heterocycles. The Kier molecular flexibility index (Phi) is 9.46. The average Bonchev–Trinajstić information content (AvgIpc) is 2.89. The number of likely N-dealkylation sites (N-methyl/N-ethyl adjacent to an activating group) is 1. The van der Waals surface area contributed by atoms with Gasteiger partial charge in [-0.15, -0.1) is 0 Å². The first-order chi connectivity index (χ1) is 17.6. The quantitative estimate of drug-likeness (QED) is 0.637. The van der Waals surface area contributed by atoms with E-state index in [0.717, 1.165) is 0 Å². The second kappa shape index (κ2) is 12.5. The van der Waals surface area contributed by atoms with Crippen LogP contribution >= 0.6 is 0 Å². The molecule has 10 heteroatoms. The van der Waals surface area contributed by atoms with Crippen molar-refractivity contribution in [1.82, 2.24) is 9.80 Å². The number of carbonyl (C=O) groups is 3. The van der Waals surface area contributed by atoms with Crippen LogP contribution in [0.1, 0.15) is 37.6 Å². The van der Waals surface area contributed by atoms with Gasteiger partial charge in [-0.1, -0.05) is 26.0 Å². The van der Waals surface area contributed by atoms with Crippen molar-refractivity contribution in [3.8, 4) is 5.75 Å². The summed E-state index contributed by atoms with van der Waals surface area (Å²) in [5.74, 6) is -0.817. The van der Waals surface area contributed by atoms with E-state index in [1.165, 1.54) is 17.0 Å². The van der Waals surface area contributed by atoms with Crippen LogP contribution in [-0.2, 0) is 9.53 Å². The highest BCUT2D eigenvalue weighted by Crippen LogP contribution is 2.27. The fraction of sp³-hybridized carbons (Fsp3) is 0.444. The summed E-state index contributed by atoms with van der Waals surface area (Å²) in [7, 11) is 3.23. The number of halogens is 1. The summed E-state index contributed by atoms with van der Waals surface area (Å²) in [6.45, 7) is 6.14. The number of nitrogens with zero attached hydrogens (tertiary/aromatic N) is 2. The molecule has 1 aliphatic rings. The molecule has 37 heavy (non-hydrogen) atoms. The predicted octanol–water partition coefficient (Wildman–Crippen LogP) is 4.21. The zero-order chi connectivity index (χ0) is 27.1. The number of anilines is 2. The van der Waals surface area contributed by atoms with Gasteiger partial charge in [0.2, 0.25) is 5.91 Å². The fourth-order valence-electron chi connectivity index (χ4n) is 4.14. The van der Waals surface area contributed by atoms with E-state index in [2.05, 4.69) is 10.6 Å². The van der Waals surface area contributed by atoms with Crippen LogP contribution in [0.3, 0.4) is 0 Å². The van der Waals surface area contributed by atoms with Crippen LogP contribution in [0.5, 0.6) is 5.75 Å². The molecule has 200 valence electrons. The van der Waals surface area contributed by atoms with Crippen molar-refractivity contribution < 1.29 is 28.2 Å². The predicted molar refractivity (Wildman–Crippen MR) is 139 cm³/mol. The van der Waals surface area contributed by atoms with E-state index in [4.69, 9.17) is 9.47 Å². The molecule has 0 bridgehead atoms. The molecule has 0 fully saturated rings. The Morgan fingerprint density at radius 1 is 1.14 bits per heavy atom. The van der Waals surface area contributed by atoms with Crippen LogP contribution in [0.2, 0.25) is 0 Å². The van der Waals surface area contributed by atoms with Crippen molar-refractivity contribution >= 4 is 29.2 Å². The number of para-hydroxylation sites is 1. The third kappa shape index (κ3) is 6.97. The number of benzene rings is 2. The lowest BCUT2D eigenvalue weighted by Gasteiger charge is -2.36. The number of nitrogens with one attached hydrogen (secondary N) is 2. The van der Waals surface area contributed by atoms with Gasteiger partial charge in [0.25, 0.3) is 5.91 Å². The first-order valence-corrected chi connectivity index (χ1v) is 12.3. The Labute approximate surface area is 216 Å². The SMILES string of the molecule is CCC(=O)Nc1ccc2c(c1)C(=O)N(C)C[C@@H](OC)[C@H](C)CN(C(=O)Nc1ccccc1F)[C@H](C)CO2. The van der Waals surface area contributed by atoms with Crippen LogP contribution in [0.25, 0.3) is 0 Å². The highest BCUT2D eigenvalue weighted by Gasteiger charge is 2.30. The lowest BCUT2D eigenvalue weighted by molar-refractivity contribution is -0.115. The Hall–Kier alpha value is -3.66. The second-order valence-corrected chi connectivity index (χ2v) is 9.27.